The molecule has 0 amide bonds. The number of halogens is 5. The molecule has 0 unspecified atom stereocenters. The highest BCUT2D eigenvalue weighted by molar-refractivity contribution is 5.29. The van der Waals surface area contributed by atoms with Crippen molar-refractivity contribution in [2.75, 3.05) is 6.54 Å². The second-order valence-corrected chi connectivity index (χ2v) is 3.45. The Morgan fingerprint density at radius 1 is 1.18 bits per heavy atom. The number of nitrogens with two attached hydrogens (primary N) is 1. The molecular formula is C10H10F5NO. The SMILES string of the molecule is NC[C@@H](O)c1cccc(C(F)(F)C(F)(F)F)c1. The molecule has 0 saturated heterocycles. The molecule has 0 aliphatic rings. The topological polar surface area (TPSA) is 46.2 Å². The zero-order valence-electron chi connectivity index (χ0n) is 8.51. The van der Waals surface area contributed by atoms with Gasteiger partial charge in [-0.1, -0.05) is 18.2 Å². The summed E-state index contributed by atoms with van der Waals surface area (Å²) in [4.78, 5) is 0. The Balaban J connectivity index is 3.16. The van der Waals surface area contributed by atoms with Crippen molar-refractivity contribution in [3.63, 3.8) is 0 Å². The van der Waals surface area contributed by atoms with Crippen molar-refractivity contribution in [1.29, 1.82) is 0 Å². The Kier molecular flexibility index (Phi) is 3.73. The highest BCUT2D eigenvalue weighted by atomic mass is 19.4. The molecule has 3 N–H and O–H groups in total. The van der Waals surface area contributed by atoms with Gasteiger partial charge < -0.3 is 10.8 Å². The molecule has 0 heterocycles. The lowest BCUT2D eigenvalue weighted by molar-refractivity contribution is -0.289. The van der Waals surface area contributed by atoms with E-state index in [2.05, 4.69) is 0 Å². The van der Waals surface area contributed by atoms with Crippen LogP contribution in [0.4, 0.5) is 22.0 Å². The second kappa shape index (κ2) is 4.58. The Labute approximate surface area is 93.9 Å². The summed E-state index contributed by atoms with van der Waals surface area (Å²) in [5.74, 6) is -4.95. The molecule has 0 radical (unpaired) electrons. The van der Waals surface area contributed by atoms with Crippen LogP contribution in [0.2, 0.25) is 0 Å². The number of aliphatic hydroxyl groups excluding tert-OH is 1. The molecule has 1 atom stereocenters. The molecule has 0 fully saturated rings. The number of alkyl halides is 5. The Morgan fingerprint density at radius 3 is 2.24 bits per heavy atom. The van der Waals surface area contributed by atoms with Gasteiger partial charge in [0.25, 0.3) is 0 Å². The third-order valence-corrected chi connectivity index (χ3v) is 2.21. The molecule has 0 aliphatic carbocycles. The minimum Gasteiger partial charge on any atom is -0.387 e. The molecule has 0 spiro atoms. The lowest BCUT2D eigenvalue weighted by Crippen LogP contribution is -2.33. The van der Waals surface area contributed by atoms with Crippen LogP contribution in [0.3, 0.4) is 0 Å². The van der Waals surface area contributed by atoms with E-state index in [4.69, 9.17) is 5.73 Å². The summed E-state index contributed by atoms with van der Waals surface area (Å²) >= 11 is 0. The average Bonchev–Trinajstić information content (AvgIpc) is 2.26. The highest BCUT2D eigenvalue weighted by Gasteiger charge is 2.58. The van der Waals surface area contributed by atoms with E-state index in [9.17, 15) is 27.1 Å². The summed E-state index contributed by atoms with van der Waals surface area (Å²) in [7, 11) is 0. The third kappa shape index (κ3) is 2.73. The largest absolute Gasteiger partial charge is 0.458 e. The van der Waals surface area contributed by atoms with Gasteiger partial charge in [0, 0.05) is 12.1 Å². The fourth-order valence-electron chi connectivity index (χ4n) is 1.24. The predicted molar refractivity (Wildman–Crippen MR) is 50.4 cm³/mol. The molecule has 0 aromatic heterocycles. The fraction of sp³-hybridized carbons (Fsp3) is 0.400. The molecule has 0 bridgehead atoms. The van der Waals surface area contributed by atoms with Crippen LogP contribution in [0.15, 0.2) is 24.3 Å². The van der Waals surface area contributed by atoms with Crippen LogP contribution in [0.25, 0.3) is 0 Å². The van der Waals surface area contributed by atoms with Crippen molar-refractivity contribution in [1.82, 2.24) is 0 Å². The maximum Gasteiger partial charge on any atom is 0.458 e. The standard InChI is InChI=1S/C10H10F5NO/c11-9(12,10(13,14)15)7-3-1-2-6(4-7)8(17)5-16/h1-4,8,17H,5,16H2/t8-/m1/s1. The Hall–Kier alpha value is -1.21. The van der Waals surface area contributed by atoms with Crippen molar-refractivity contribution in [3.8, 4) is 0 Å². The van der Waals surface area contributed by atoms with Gasteiger partial charge >= 0.3 is 12.1 Å². The van der Waals surface area contributed by atoms with Crippen molar-refractivity contribution >= 4 is 0 Å². The molecule has 2 nitrogen and oxygen atoms in total. The van der Waals surface area contributed by atoms with E-state index in [1.807, 2.05) is 0 Å². The predicted octanol–water partition coefficient (Wildman–Crippen LogP) is 2.33. The minimum absolute atomic E-state index is 0.0751. The molecule has 96 valence electrons. The maximum atomic E-state index is 13.0. The molecule has 7 heteroatoms. The van der Waals surface area contributed by atoms with Gasteiger partial charge in [0.15, 0.2) is 0 Å². The molecule has 1 aromatic carbocycles. The summed E-state index contributed by atoms with van der Waals surface area (Å²) in [6.07, 6.45) is -6.93. The number of aliphatic hydroxyl groups is 1. The number of benzene rings is 1. The van der Waals surface area contributed by atoms with Crippen LogP contribution in [-0.2, 0) is 5.92 Å². The first-order chi connectivity index (χ1) is 7.70. The van der Waals surface area contributed by atoms with E-state index in [-0.39, 0.29) is 12.1 Å². The van der Waals surface area contributed by atoms with Gasteiger partial charge in [-0.2, -0.15) is 22.0 Å². The lowest BCUT2D eigenvalue weighted by atomic mass is 10.0. The van der Waals surface area contributed by atoms with Gasteiger partial charge in [-0.25, -0.2) is 0 Å². The van der Waals surface area contributed by atoms with Crippen LogP contribution in [0, 0.1) is 0 Å². The Morgan fingerprint density at radius 2 is 1.76 bits per heavy atom. The zero-order valence-corrected chi connectivity index (χ0v) is 8.51. The molecule has 1 aromatic rings. The molecular weight excluding hydrogens is 245 g/mol. The van der Waals surface area contributed by atoms with Gasteiger partial charge in [-0.15, -0.1) is 0 Å². The first-order valence-corrected chi connectivity index (χ1v) is 4.63. The van der Waals surface area contributed by atoms with Crippen LogP contribution in [0.1, 0.15) is 17.2 Å². The summed E-state index contributed by atoms with van der Waals surface area (Å²) in [6.45, 7) is -0.263. The number of hydrogen-bond acceptors (Lipinski definition) is 2. The van der Waals surface area contributed by atoms with Gasteiger partial charge in [-0.05, 0) is 11.6 Å². The second-order valence-electron chi connectivity index (χ2n) is 3.45. The van der Waals surface area contributed by atoms with Crippen LogP contribution in [-0.4, -0.2) is 17.8 Å². The summed E-state index contributed by atoms with van der Waals surface area (Å²) in [5.41, 5.74) is 3.80. The van der Waals surface area contributed by atoms with Gasteiger partial charge in [-0.3, -0.25) is 0 Å². The van der Waals surface area contributed by atoms with Crippen molar-refractivity contribution in [3.05, 3.63) is 35.4 Å². The van der Waals surface area contributed by atoms with E-state index >= 15 is 0 Å². The molecule has 1 rings (SSSR count). The summed E-state index contributed by atoms with van der Waals surface area (Å²) in [6, 6.07) is 3.50. The van der Waals surface area contributed by atoms with Crippen molar-refractivity contribution < 1.29 is 27.1 Å². The van der Waals surface area contributed by atoms with Gasteiger partial charge in [0.05, 0.1) is 6.10 Å². The quantitative estimate of drug-likeness (QED) is 0.814. The van der Waals surface area contributed by atoms with Crippen LogP contribution >= 0.6 is 0 Å². The molecule has 17 heavy (non-hydrogen) atoms. The van der Waals surface area contributed by atoms with Crippen molar-refractivity contribution in [2.45, 2.75) is 18.2 Å². The monoisotopic (exact) mass is 255 g/mol. The van der Waals surface area contributed by atoms with E-state index < -0.39 is 23.8 Å². The van der Waals surface area contributed by atoms with Gasteiger partial charge in [0.2, 0.25) is 0 Å². The Bertz CT molecular complexity index is 391. The minimum atomic E-state index is -5.67. The highest BCUT2D eigenvalue weighted by Crippen LogP contribution is 2.44. The molecule has 0 saturated carbocycles. The van der Waals surface area contributed by atoms with Gasteiger partial charge in [0.1, 0.15) is 0 Å². The van der Waals surface area contributed by atoms with E-state index in [1.54, 1.807) is 0 Å². The van der Waals surface area contributed by atoms with Crippen LogP contribution < -0.4 is 5.73 Å². The smallest absolute Gasteiger partial charge is 0.387 e. The van der Waals surface area contributed by atoms with Crippen molar-refractivity contribution in [2.24, 2.45) is 5.73 Å². The normalized spacial score (nSPS) is 14.8. The zero-order chi connectivity index (χ0) is 13.3. The summed E-state index contributed by atoms with van der Waals surface area (Å²) in [5, 5.41) is 9.27. The number of rotatable bonds is 3. The molecule has 0 aliphatic heterocycles. The first kappa shape index (κ1) is 13.9. The first-order valence-electron chi connectivity index (χ1n) is 4.63. The van der Waals surface area contributed by atoms with E-state index in [0.717, 1.165) is 6.07 Å². The third-order valence-electron chi connectivity index (χ3n) is 2.21. The van der Waals surface area contributed by atoms with E-state index in [0.29, 0.717) is 12.1 Å². The maximum absolute atomic E-state index is 13.0. The lowest BCUT2D eigenvalue weighted by Gasteiger charge is -2.21. The van der Waals surface area contributed by atoms with Crippen LogP contribution in [0.5, 0.6) is 0 Å². The average molecular weight is 255 g/mol. The summed E-state index contributed by atoms with van der Waals surface area (Å²) < 4.78 is 62.2. The van der Waals surface area contributed by atoms with E-state index in [1.165, 1.54) is 6.07 Å². The number of hydrogen-bond donors (Lipinski definition) is 2. The fourth-order valence-corrected chi connectivity index (χ4v) is 1.24.